The van der Waals surface area contributed by atoms with Gasteiger partial charge in [0, 0.05) is 24.9 Å². The average molecular weight is 334 g/mol. The topological polar surface area (TPSA) is 71.3 Å². The van der Waals surface area contributed by atoms with Gasteiger partial charge < -0.3 is 9.84 Å². The molecule has 0 aromatic carbocycles. The summed E-state index contributed by atoms with van der Waals surface area (Å²) in [5.41, 5.74) is 0. The molecule has 24 heavy (non-hydrogen) atoms. The van der Waals surface area contributed by atoms with Crippen LogP contribution in [0.4, 0.5) is 0 Å². The molecule has 0 spiro atoms. The molecule has 1 atom stereocenters. The molecular weight excluding hydrogens is 304 g/mol. The van der Waals surface area contributed by atoms with Crippen molar-refractivity contribution < 1.29 is 9.32 Å². The van der Waals surface area contributed by atoms with Crippen molar-refractivity contribution in [3.05, 3.63) is 11.7 Å². The SMILES string of the molecule is CC(C)c1nc([C@H]2CCCN2CCC(=O)NC2CCCCC2)no1. The highest BCUT2D eigenvalue weighted by Gasteiger charge is 2.30. The van der Waals surface area contributed by atoms with E-state index in [-0.39, 0.29) is 17.9 Å². The Bertz CT molecular complexity index is 537. The zero-order valence-electron chi connectivity index (χ0n) is 15.0. The molecule has 1 aliphatic carbocycles. The second-order valence-corrected chi connectivity index (χ2v) is 7.49. The lowest BCUT2D eigenvalue weighted by Gasteiger charge is -2.24. The molecule has 3 rings (SSSR count). The Kier molecular flexibility index (Phi) is 5.87. The van der Waals surface area contributed by atoms with Gasteiger partial charge in [0.15, 0.2) is 5.82 Å². The standard InChI is InChI=1S/C18H30N4O2/c1-13(2)18-20-17(21-24-18)15-9-6-11-22(15)12-10-16(23)19-14-7-4-3-5-8-14/h13-15H,3-12H2,1-2H3,(H,19,23)/t15-/m1/s1. The Hall–Kier alpha value is -1.43. The molecular formula is C18H30N4O2. The molecule has 134 valence electrons. The lowest BCUT2D eigenvalue weighted by atomic mass is 9.95. The second-order valence-electron chi connectivity index (χ2n) is 7.49. The summed E-state index contributed by atoms with van der Waals surface area (Å²) >= 11 is 0. The maximum absolute atomic E-state index is 12.2. The second kappa shape index (κ2) is 8.10. The molecule has 1 aliphatic heterocycles. The summed E-state index contributed by atoms with van der Waals surface area (Å²) < 4.78 is 5.35. The van der Waals surface area contributed by atoms with Gasteiger partial charge in [-0.25, -0.2) is 0 Å². The minimum Gasteiger partial charge on any atom is -0.353 e. The molecule has 2 heterocycles. The number of nitrogens with zero attached hydrogens (tertiary/aromatic N) is 3. The van der Waals surface area contributed by atoms with Crippen molar-refractivity contribution in [1.82, 2.24) is 20.4 Å². The van der Waals surface area contributed by atoms with Crippen LogP contribution in [0.25, 0.3) is 0 Å². The summed E-state index contributed by atoms with van der Waals surface area (Å²) in [4.78, 5) is 19.1. The summed E-state index contributed by atoms with van der Waals surface area (Å²) in [6, 6.07) is 0.593. The molecule has 1 saturated carbocycles. The average Bonchev–Trinajstić information content (AvgIpc) is 3.22. The number of hydrogen-bond donors (Lipinski definition) is 1. The van der Waals surface area contributed by atoms with Crippen LogP contribution in [0.2, 0.25) is 0 Å². The molecule has 1 aromatic rings. The number of carbonyl (C=O) groups is 1. The Morgan fingerprint density at radius 1 is 1.25 bits per heavy atom. The van der Waals surface area contributed by atoms with E-state index in [1.54, 1.807) is 0 Å². The fourth-order valence-electron chi connectivity index (χ4n) is 3.80. The van der Waals surface area contributed by atoms with E-state index in [0.29, 0.717) is 18.4 Å². The zero-order valence-corrected chi connectivity index (χ0v) is 15.0. The van der Waals surface area contributed by atoms with Gasteiger partial charge in [-0.05, 0) is 32.2 Å². The molecule has 6 heteroatoms. The highest BCUT2D eigenvalue weighted by molar-refractivity contribution is 5.76. The first kappa shape index (κ1) is 17.4. The van der Waals surface area contributed by atoms with E-state index in [1.807, 2.05) is 0 Å². The quantitative estimate of drug-likeness (QED) is 0.865. The number of aromatic nitrogens is 2. The van der Waals surface area contributed by atoms with Crippen molar-refractivity contribution in [3.63, 3.8) is 0 Å². The van der Waals surface area contributed by atoms with Crippen LogP contribution in [-0.2, 0) is 4.79 Å². The third-order valence-electron chi connectivity index (χ3n) is 5.21. The normalized spacial score (nSPS) is 23.0. The number of nitrogens with one attached hydrogen (secondary N) is 1. The van der Waals surface area contributed by atoms with Crippen LogP contribution >= 0.6 is 0 Å². The molecule has 0 unspecified atom stereocenters. The van der Waals surface area contributed by atoms with E-state index in [1.165, 1.54) is 19.3 Å². The number of rotatable bonds is 6. The molecule has 1 aromatic heterocycles. The summed E-state index contributed by atoms with van der Waals surface area (Å²) in [6.07, 6.45) is 8.80. The van der Waals surface area contributed by atoms with Crippen LogP contribution in [0.1, 0.15) is 88.9 Å². The minimum absolute atomic E-state index is 0.184. The lowest BCUT2D eigenvalue weighted by Crippen LogP contribution is -2.38. The Labute approximate surface area is 144 Å². The van der Waals surface area contributed by atoms with Gasteiger partial charge in [0.05, 0.1) is 6.04 Å². The number of carbonyl (C=O) groups excluding carboxylic acids is 1. The number of hydrogen-bond acceptors (Lipinski definition) is 5. The third kappa shape index (κ3) is 4.35. The lowest BCUT2D eigenvalue weighted by molar-refractivity contribution is -0.122. The van der Waals surface area contributed by atoms with Gasteiger partial charge >= 0.3 is 0 Å². The summed E-state index contributed by atoms with van der Waals surface area (Å²) in [5.74, 6) is 1.92. The van der Waals surface area contributed by atoms with Crippen LogP contribution in [0.3, 0.4) is 0 Å². The van der Waals surface area contributed by atoms with Crippen molar-refractivity contribution in [3.8, 4) is 0 Å². The van der Waals surface area contributed by atoms with Crippen LogP contribution < -0.4 is 5.32 Å². The molecule has 1 N–H and O–H groups in total. The summed E-state index contributed by atoms with van der Waals surface area (Å²) in [6.45, 7) is 5.89. The van der Waals surface area contributed by atoms with Crippen molar-refractivity contribution in [2.45, 2.75) is 83.2 Å². The predicted molar refractivity (Wildman–Crippen MR) is 91.6 cm³/mol. The largest absolute Gasteiger partial charge is 0.353 e. The monoisotopic (exact) mass is 334 g/mol. The molecule has 0 bridgehead atoms. The van der Waals surface area contributed by atoms with Gasteiger partial charge in [-0.1, -0.05) is 38.3 Å². The summed E-state index contributed by atoms with van der Waals surface area (Å²) in [7, 11) is 0. The van der Waals surface area contributed by atoms with Crippen molar-refractivity contribution in [2.75, 3.05) is 13.1 Å². The van der Waals surface area contributed by atoms with E-state index in [4.69, 9.17) is 4.52 Å². The van der Waals surface area contributed by atoms with Crippen LogP contribution in [0.15, 0.2) is 4.52 Å². The van der Waals surface area contributed by atoms with Gasteiger partial charge in [-0.3, -0.25) is 9.69 Å². The first-order valence-corrected chi connectivity index (χ1v) is 9.50. The Morgan fingerprint density at radius 2 is 2.04 bits per heavy atom. The van der Waals surface area contributed by atoms with E-state index in [9.17, 15) is 4.79 Å². The van der Waals surface area contributed by atoms with Gasteiger partial charge in [-0.2, -0.15) is 4.98 Å². The van der Waals surface area contributed by atoms with Crippen molar-refractivity contribution in [2.24, 2.45) is 0 Å². The van der Waals surface area contributed by atoms with E-state index >= 15 is 0 Å². The van der Waals surface area contributed by atoms with E-state index in [2.05, 4.69) is 34.2 Å². The first-order chi connectivity index (χ1) is 11.6. The highest BCUT2D eigenvalue weighted by Crippen LogP contribution is 2.30. The fourth-order valence-corrected chi connectivity index (χ4v) is 3.80. The van der Waals surface area contributed by atoms with Gasteiger partial charge in [0.25, 0.3) is 0 Å². The number of likely N-dealkylation sites (tertiary alicyclic amines) is 1. The van der Waals surface area contributed by atoms with Crippen molar-refractivity contribution in [1.29, 1.82) is 0 Å². The Morgan fingerprint density at radius 3 is 2.75 bits per heavy atom. The maximum Gasteiger partial charge on any atom is 0.229 e. The molecule has 0 radical (unpaired) electrons. The Balaban J connectivity index is 1.49. The van der Waals surface area contributed by atoms with Crippen molar-refractivity contribution >= 4 is 5.91 Å². The smallest absolute Gasteiger partial charge is 0.229 e. The molecule has 2 aliphatic rings. The van der Waals surface area contributed by atoms with E-state index in [0.717, 1.165) is 44.6 Å². The first-order valence-electron chi connectivity index (χ1n) is 9.50. The van der Waals surface area contributed by atoms with E-state index < -0.39 is 0 Å². The molecule has 1 amide bonds. The molecule has 6 nitrogen and oxygen atoms in total. The van der Waals surface area contributed by atoms with Crippen LogP contribution in [0.5, 0.6) is 0 Å². The number of amides is 1. The molecule has 2 fully saturated rings. The van der Waals surface area contributed by atoms with Gasteiger partial charge in [0.1, 0.15) is 0 Å². The molecule has 1 saturated heterocycles. The van der Waals surface area contributed by atoms with Gasteiger partial charge in [0.2, 0.25) is 11.8 Å². The maximum atomic E-state index is 12.2. The van der Waals surface area contributed by atoms with Crippen LogP contribution in [0, 0.1) is 0 Å². The van der Waals surface area contributed by atoms with Gasteiger partial charge in [-0.15, -0.1) is 0 Å². The summed E-state index contributed by atoms with van der Waals surface area (Å²) in [5, 5.41) is 7.36. The fraction of sp³-hybridized carbons (Fsp3) is 0.833. The predicted octanol–water partition coefficient (Wildman–Crippen LogP) is 3.17. The third-order valence-corrected chi connectivity index (χ3v) is 5.21. The van der Waals surface area contributed by atoms with Crippen LogP contribution in [-0.4, -0.2) is 40.1 Å². The minimum atomic E-state index is 0.184. The zero-order chi connectivity index (χ0) is 16.9. The highest BCUT2D eigenvalue weighted by atomic mass is 16.5.